The van der Waals surface area contributed by atoms with Gasteiger partial charge in [0.25, 0.3) is 0 Å². The van der Waals surface area contributed by atoms with Crippen LogP contribution >= 0.6 is 0 Å². The van der Waals surface area contributed by atoms with Gasteiger partial charge in [-0.25, -0.2) is 0 Å². The van der Waals surface area contributed by atoms with Gasteiger partial charge in [0, 0.05) is 5.56 Å². The Kier molecular flexibility index (Phi) is 5.16. The van der Waals surface area contributed by atoms with Crippen molar-refractivity contribution in [1.82, 2.24) is 0 Å². The van der Waals surface area contributed by atoms with Crippen molar-refractivity contribution in [2.24, 2.45) is 0 Å². The van der Waals surface area contributed by atoms with Gasteiger partial charge < -0.3 is 9.47 Å². The highest BCUT2D eigenvalue weighted by Gasteiger charge is 2.02. The predicted octanol–water partition coefficient (Wildman–Crippen LogP) is 3.99. The molecule has 0 atom stereocenters. The molecular formula is C18H18O3. The molecule has 0 amide bonds. The molecular weight excluding hydrogens is 264 g/mol. The van der Waals surface area contributed by atoms with Gasteiger partial charge in [0.1, 0.15) is 11.5 Å². The van der Waals surface area contributed by atoms with Gasteiger partial charge >= 0.3 is 0 Å². The van der Waals surface area contributed by atoms with E-state index in [0.29, 0.717) is 17.9 Å². The lowest BCUT2D eigenvalue weighted by molar-refractivity contribution is 0.104. The Labute approximate surface area is 124 Å². The Balaban J connectivity index is 2.07. The second-order valence-corrected chi connectivity index (χ2v) is 4.43. The number of benzene rings is 2. The summed E-state index contributed by atoms with van der Waals surface area (Å²) in [7, 11) is 1.58. The molecule has 2 rings (SSSR count). The highest BCUT2D eigenvalue weighted by molar-refractivity contribution is 6.07. The van der Waals surface area contributed by atoms with E-state index in [1.807, 2.05) is 37.3 Å². The van der Waals surface area contributed by atoms with Crippen molar-refractivity contribution in [3.05, 3.63) is 65.7 Å². The molecule has 2 aromatic rings. The highest BCUT2D eigenvalue weighted by atomic mass is 16.5. The fourth-order valence-electron chi connectivity index (χ4n) is 1.89. The summed E-state index contributed by atoms with van der Waals surface area (Å²) in [5.41, 5.74) is 1.56. The van der Waals surface area contributed by atoms with E-state index in [4.69, 9.17) is 9.47 Å². The average Bonchev–Trinajstić information content (AvgIpc) is 2.54. The maximum Gasteiger partial charge on any atom is 0.185 e. The smallest absolute Gasteiger partial charge is 0.185 e. The lowest BCUT2D eigenvalue weighted by Gasteiger charge is -2.02. The molecule has 0 aliphatic carbocycles. The molecule has 3 heteroatoms. The topological polar surface area (TPSA) is 35.5 Å². The molecule has 0 spiro atoms. The normalized spacial score (nSPS) is 10.6. The SMILES string of the molecule is CCOc1ccc(/C=C/C(=O)c2cccc(OC)c2)cc1. The first-order valence-corrected chi connectivity index (χ1v) is 6.82. The number of carbonyl (C=O) groups is 1. The van der Waals surface area contributed by atoms with Crippen LogP contribution in [0.2, 0.25) is 0 Å². The third-order valence-electron chi connectivity index (χ3n) is 2.97. The lowest BCUT2D eigenvalue weighted by Crippen LogP contribution is -1.95. The predicted molar refractivity (Wildman–Crippen MR) is 84.0 cm³/mol. The summed E-state index contributed by atoms with van der Waals surface area (Å²) in [6.45, 7) is 2.59. The molecule has 0 unspecified atom stereocenters. The van der Waals surface area contributed by atoms with Crippen LogP contribution in [-0.2, 0) is 0 Å². The third kappa shape index (κ3) is 4.21. The van der Waals surface area contributed by atoms with Gasteiger partial charge in [0.05, 0.1) is 13.7 Å². The first-order chi connectivity index (χ1) is 10.2. The number of carbonyl (C=O) groups excluding carboxylic acids is 1. The minimum absolute atomic E-state index is 0.0530. The molecule has 0 aromatic heterocycles. The fraction of sp³-hybridized carbons (Fsp3) is 0.167. The first-order valence-electron chi connectivity index (χ1n) is 6.82. The van der Waals surface area contributed by atoms with Crippen LogP contribution in [0.3, 0.4) is 0 Å². The molecule has 0 radical (unpaired) electrons. The number of allylic oxidation sites excluding steroid dienone is 1. The summed E-state index contributed by atoms with van der Waals surface area (Å²) in [6, 6.07) is 14.7. The van der Waals surface area contributed by atoms with E-state index in [0.717, 1.165) is 11.3 Å². The van der Waals surface area contributed by atoms with E-state index in [-0.39, 0.29) is 5.78 Å². The summed E-state index contributed by atoms with van der Waals surface area (Å²) in [6.07, 6.45) is 3.35. The molecule has 0 fully saturated rings. The van der Waals surface area contributed by atoms with E-state index in [1.165, 1.54) is 0 Å². The summed E-state index contributed by atoms with van der Waals surface area (Å²) in [4.78, 5) is 12.1. The molecule has 0 aliphatic rings. The van der Waals surface area contributed by atoms with Gasteiger partial charge in [-0.2, -0.15) is 0 Å². The molecule has 0 heterocycles. The molecule has 0 bridgehead atoms. The molecule has 2 aromatic carbocycles. The van der Waals surface area contributed by atoms with Crippen molar-refractivity contribution in [3.63, 3.8) is 0 Å². The molecule has 0 N–H and O–H groups in total. The Morgan fingerprint density at radius 2 is 1.86 bits per heavy atom. The van der Waals surface area contributed by atoms with Crippen LogP contribution in [0.4, 0.5) is 0 Å². The van der Waals surface area contributed by atoms with Gasteiger partial charge in [-0.05, 0) is 42.8 Å². The van der Waals surface area contributed by atoms with Crippen LogP contribution in [0, 0.1) is 0 Å². The van der Waals surface area contributed by atoms with Crippen LogP contribution in [-0.4, -0.2) is 19.5 Å². The van der Waals surface area contributed by atoms with E-state index in [2.05, 4.69) is 0 Å². The molecule has 0 saturated carbocycles. The summed E-state index contributed by atoms with van der Waals surface area (Å²) in [5, 5.41) is 0. The van der Waals surface area contributed by atoms with Crippen molar-refractivity contribution in [1.29, 1.82) is 0 Å². The van der Waals surface area contributed by atoms with Crippen LogP contribution in [0.1, 0.15) is 22.8 Å². The van der Waals surface area contributed by atoms with Crippen molar-refractivity contribution >= 4 is 11.9 Å². The first kappa shape index (κ1) is 14.9. The van der Waals surface area contributed by atoms with Gasteiger partial charge in [-0.3, -0.25) is 4.79 Å². The summed E-state index contributed by atoms with van der Waals surface area (Å²) in [5.74, 6) is 1.45. The molecule has 0 aliphatic heterocycles. The minimum atomic E-state index is -0.0530. The largest absolute Gasteiger partial charge is 0.497 e. The van der Waals surface area contributed by atoms with Gasteiger partial charge in [-0.1, -0.05) is 30.3 Å². The van der Waals surface area contributed by atoms with Crippen molar-refractivity contribution in [2.45, 2.75) is 6.92 Å². The molecule has 0 saturated heterocycles. The Morgan fingerprint density at radius 3 is 2.52 bits per heavy atom. The van der Waals surface area contributed by atoms with E-state index in [9.17, 15) is 4.79 Å². The fourth-order valence-corrected chi connectivity index (χ4v) is 1.89. The van der Waals surface area contributed by atoms with E-state index in [1.54, 1.807) is 37.5 Å². The maximum absolute atomic E-state index is 12.1. The monoisotopic (exact) mass is 282 g/mol. The summed E-state index contributed by atoms with van der Waals surface area (Å²) >= 11 is 0. The molecule has 108 valence electrons. The van der Waals surface area contributed by atoms with Gasteiger partial charge in [-0.15, -0.1) is 0 Å². The maximum atomic E-state index is 12.1. The third-order valence-corrected chi connectivity index (χ3v) is 2.97. The zero-order valence-corrected chi connectivity index (χ0v) is 12.2. The number of hydrogen-bond donors (Lipinski definition) is 0. The van der Waals surface area contributed by atoms with Crippen molar-refractivity contribution in [3.8, 4) is 11.5 Å². The van der Waals surface area contributed by atoms with Crippen LogP contribution < -0.4 is 9.47 Å². The van der Waals surface area contributed by atoms with Crippen LogP contribution in [0.5, 0.6) is 11.5 Å². The summed E-state index contributed by atoms with van der Waals surface area (Å²) < 4.78 is 10.5. The number of ketones is 1. The lowest BCUT2D eigenvalue weighted by atomic mass is 10.1. The van der Waals surface area contributed by atoms with E-state index >= 15 is 0 Å². The minimum Gasteiger partial charge on any atom is -0.497 e. The molecule has 21 heavy (non-hydrogen) atoms. The number of rotatable bonds is 6. The Hall–Kier alpha value is -2.55. The number of ether oxygens (including phenoxy) is 2. The average molecular weight is 282 g/mol. The van der Waals surface area contributed by atoms with Gasteiger partial charge in [0.2, 0.25) is 0 Å². The standard InChI is InChI=1S/C18H18O3/c1-3-21-16-10-7-14(8-11-16)9-12-18(19)15-5-4-6-17(13-15)20-2/h4-13H,3H2,1-2H3/b12-9+. The molecule has 3 nitrogen and oxygen atoms in total. The van der Waals surface area contributed by atoms with E-state index < -0.39 is 0 Å². The Morgan fingerprint density at radius 1 is 1.10 bits per heavy atom. The highest BCUT2D eigenvalue weighted by Crippen LogP contribution is 2.15. The van der Waals surface area contributed by atoms with Crippen LogP contribution in [0.15, 0.2) is 54.6 Å². The van der Waals surface area contributed by atoms with Crippen LogP contribution in [0.25, 0.3) is 6.08 Å². The van der Waals surface area contributed by atoms with Crippen molar-refractivity contribution < 1.29 is 14.3 Å². The number of methoxy groups -OCH3 is 1. The quantitative estimate of drug-likeness (QED) is 0.593. The number of hydrogen-bond acceptors (Lipinski definition) is 3. The van der Waals surface area contributed by atoms with Crippen molar-refractivity contribution in [2.75, 3.05) is 13.7 Å². The zero-order chi connectivity index (χ0) is 15.1. The second kappa shape index (κ2) is 7.29. The van der Waals surface area contributed by atoms with Gasteiger partial charge in [0.15, 0.2) is 5.78 Å². The zero-order valence-electron chi connectivity index (χ0n) is 12.2. The second-order valence-electron chi connectivity index (χ2n) is 4.43. The Bertz CT molecular complexity index is 627.